The van der Waals surface area contributed by atoms with Crippen molar-refractivity contribution >= 4 is 0 Å². The van der Waals surface area contributed by atoms with Crippen LogP contribution in [0.1, 0.15) is 30.4 Å². The monoisotopic (exact) mass is 187 g/mol. The molecule has 0 atom stereocenters. The van der Waals surface area contributed by atoms with Crippen LogP contribution in [0.15, 0.2) is 24.3 Å². The van der Waals surface area contributed by atoms with Crippen LogP contribution in [0.5, 0.6) is 0 Å². The van der Waals surface area contributed by atoms with Crippen molar-refractivity contribution in [2.75, 3.05) is 13.6 Å². The molecule has 1 aliphatic carbocycles. The molecular formula is C13H17N. The minimum atomic E-state index is 0.531. The lowest BCUT2D eigenvalue weighted by Gasteiger charge is -2.49. The normalized spacial score (nSPS) is 24.4. The molecule has 0 amide bonds. The number of fused-ring (bicyclic) bond motifs is 2. The molecule has 1 heterocycles. The summed E-state index contributed by atoms with van der Waals surface area (Å²) >= 11 is 0. The van der Waals surface area contributed by atoms with Gasteiger partial charge in [0.2, 0.25) is 0 Å². The van der Waals surface area contributed by atoms with E-state index in [9.17, 15) is 0 Å². The Balaban J connectivity index is 2.10. The molecule has 0 aromatic heterocycles. The predicted molar refractivity (Wildman–Crippen MR) is 58.3 cm³/mol. The van der Waals surface area contributed by atoms with E-state index in [0.717, 1.165) is 6.54 Å². The summed E-state index contributed by atoms with van der Waals surface area (Å²) in [5, 5.41) is 0. The highest BCUT2D eigenvalue weighted by atomic mass is 15.1. The van der Waals surface area contributed by atoms with E-state index in [1.807, 2.05) is 0 Å². The molecule has 0 N–H and O–H groups in total. The molecule has 1 spiro atoms. The largest absolute Gasteiger partial charge is 0.301 e. The maximum absolute atomic E-state index is 2.47. The molecule has 74 valence electrons. The van der Waals surface area contributed by atoms with Crippen molar-refractivity contribution in [2.24, 2.45) is 0 Å². The van der Waals surface area contributed by atoms with Crippen molar-refractivity contribution in [1.82, 2.24) is 4.90 Å². The molecule has 0 radical (unpaired) electrons. The van der Waals surface area contributed by atoms with E-state index in [0.29, 0.717) is 5.41 Å². The van der Waals surface area contributed by atoms with Crippen LogP contribution < -0.4 is 0 Å². The van der Waals surface area contributed by atoms with Gasteiger partial charge >= 0.3 is 0 Å². The first-order valence-electron chi connectivity index (χ1n) is 5.57. The molecule has 1 heteroatoms. The summed E-state index contributed by atoms with van der Waals surface area (Å²) in [5.74, 6) is 0. The van der Waals surface area contributed by atoms with E-state index in [1.165, 1.54) is 25.8 Å². The zero-order valence-corrected chi connectivity index (χ0v) is 8.79. The van der Waals surface area contributed by atoms with Gasteiger partial charge in [0.15, 0.2) is 0 Å². The second-order valence-corrected chi connectivity index (χ2v) is 4.96. The van der Waals surface area contributed by atoms with Crippen LogP contribution in [0.4, 0.5) is 0 Å². The summed E-state index contributed by atoms with van der Waals surface area (Å²) in [4.78, 5) is 2.47. The Hall–Kier alpha value is -0.820. The first-order valence-corrected chi connectivity index (χ1v) is 5.57. The second-order valence-electron chi connectivity index (χ2n) is 4.96. The minimum Gasteiger partial charge on any atom is -0.301 e. The molecule has 0 saturated heterocycles. The molecular weight excluding hydrogens is 170 g/mol. The van der Waals surface area contributed by atoms with Gasteiger partial charge in [0.05, 0.1) is 0 Å². The van der Waals surface area contributed by atoms with Crippen LogP contribution in [-0.2, 0) is 12.0 Å². The third-order valence-electron chi connectivity index (χ3n) is 3.91. The molecule has 1 aromatic rings. The highest BCUT2D eigenvalue weighted by Gasteiger charge is 2.42. The summed E-state index contributed by atoms with van der Waals surface area (Å²) in [6.07, 6.45) is 4.21. The van der Waals surface area contributed by atoms with E-state index >= 15 is 0 Å². The van der Waals surface area contributed by atoms with Gasteiger partial charge in [-0.25, -0.2) is 0 Å². The lowest BCUT2D eigenvalue weighted by molar-refractivity contribution is 0.135. The molecule has 1 aromatic carbocycles. The number of hydrogen-bond donors (Lipinski definition) is 0. The summed E-state index contributed by atoms with van der Waals surface area (Å²) in [6, 6.07) is 9.02. The van der Waals surface area contributed by atoms with Crippen LogP contribution in [0.2, 0.25) is 0 Å². The average Bonchev–Trinajstić information content (AvgIpc) is 2.14. The summed E-state index contributed by atoms with van der Waals surface area (Å²) in [6.45, 7) is 2.40. The van der Waals surface area contributed by atoms with Crippen molar-refractivity contribution in [3.8, 4) is 0 Å². The summed E-state index contributed by atoms with van der Waals surface area (Å²) in [7, 11) is 2.25. The molecule has 2 aliphatic rings. The Morgan fingerprint density at radius 1 is 1.21 bits per heavy atom. The lowest BCUT2D eigenvalue weighted by atomic mass is 9.62. The fourth-order valence-electron chi connectivity index (χ4n) is 3.16. The van der Waals surface area contributed by atoms with Crippen molar-refractivity contribution < 1.29 is 0 Å². The highest BCUT2D eigenvalue weighted by molar-refractivity contribution is 5.38. The molecule has 3 rings (SSSR count). The summed E-state index contributed by atoms with van der Waals surface area (Å²) in [5.41, 5.74) is 3.73. The van der Waals surface area contributed by atoms with Crippen LogP contribution in [0, 0.1) is 0 Å². The Labute approximate surface area is 85.7 Å². The SMILES string of the molecule is CN1Cc2ccccc2C2(CCC2)C1. The van der Waals surface area contributed by atoms with Crippen LogP contribution in [-0.4, -0.2) is 18.5 Å². The number of likely N-dealkylation sites (N-methyl/N-ethyl adjacent to an activating group) is 1. The molecule has 0 unspecified atom stereocenters. The molecule has 1 fully saturated rings. The van der Waals surface area contributed by atoms with Gasteiger partial charge in [-0.05, 0) is 31.0 Å². The standard InChI is InChI=1S/C13H17N/c1-14-9-11-5-2-3-6-12(11)13(10-14)7-4-8-13/h2-3,5-6H,4,7-10H2,1H3. The highest BCUT2D eigenvalue weighted by Crippen LogP contribution is 2.47. The molecule has 1 aliphatic heterocycles. The molecule has 1 nitrogen and oxygen atoms in total. The molecule has 0 bridgehead atoms. The number of nitrogens with zero attached hydrogens (tertiary/aromatic N) is 1. The number of hydrogen-bond acceptors (Lipinski definition) is 1. The maximum atomic E-state index is 2.47. The van der Waals surface area contributed by atoms with Gasteiger partial charge in [-0.15, -0.1) is 0 Å². The first kappa shape index (κ1) is 8.49. The Kier molecular flexibility index (Phi) is 1.72. The number of rotatable bonds is 0. The topological polar surface area (TPSA) is 3.24 Å². The van der Waals surface area contributed by atoms with E-state index in [1.54, 1.807) is 11.1 Å². The molecule has 1 saturated carbocycles. The van der Waals surface area contributed by atoms with Gasteiger partial charge in [0.1, 0.15) is 0 Å². The average molecular weight is 187 g/mol. The third kappa shape index (κ3) is 1.05. The van der Waals surface area contributed by atoms with Crippen molar-refractivity contribution in [2.45, 2.75) is 31.2 Å². The molecule has 14 heavy (non-hydrogen) atoms. The predicted octanol–water partition coefficient (Wildman–Crippen LogP) is 2.55. The Bertz CT molecular complexity index is 352. The van der Waals surface area contributed by atoms with Crippen molar-refractivity contribution in [1.29, 1.82) is 0 Å². The zero-order valence-electron chi connectivity index (χ0n) is 8.79. The maximum Gasteiger partial charge on any atom is 0.0234 e. The van der Waals surface area contributed by atoms with E-state index in [-0.39, 0.29) is 0 Å². The fourth-order valence-corrected chi connectivity index (χ4v) is 3.16. The fraction of sp³-hybridized carbons (Fsp3) is 0.538. The quantitative estimate of drug-likeness (QED) is 0.603. The second kappa shape index (κ2) is 2.83. The minimum absolute atomic E-state index is 0.531. The summed E-state index contributed by atoms with van der Waals surface area (Å²) < 4.78 is 0. The Morgan fingerprint density at radius 2 is 2.00 bits per heavy atom. The van der Waals surface area contributed by atoms with E-state index in [4.69, 9.17) is 0 Å². The van der Waals surface area contributed by atoms with Crippen molar-refractivity contribution in [3.05, 3.63) is 35.4 Å². The first-order chi connectivity index (χ1) is 6.80. The zero-order chi connectivity index (χ0) is 9.60. The van der Waals surface area contributed by atoms with Gasteiger partial charge in [-0.1, -0.05) is 30.7 Å². The van der Waals surface area contributed by atoms with E-state index < -0.39 is 0 Å². The van der Waals surface area contributed by atoms with Gasteiger partial charge in [-0.3, -0.25) is 0 Å². The van der Waals surface area contributed by atoms with Crippen LogP contribution >= 0.6 is 0 Å². The van der Waals surface area contributed by atoms with Crippen molar-refractivity contribution in [3.63, 3.8) is 0 Å². The third-order valence-corrected chi connectivity index (χ3v) is 3.91. The van der Waals surface area contributed by atoms with Crippen LogP contribution in [0.3, 0.4) is 0 Å². The van der Waals surface area contributed by atoms with Gasteiger partial charge < -0.3 is 4.90 Å². The van der Waals surface area contributed by atoms with Gasteiger partial charge in [0.25, 0.3) is 0 Å². The smallest absolute Gasteiger partial charge is 0.0234 e. The van der Waals surface area contributed by atoms with Crippen LogP contribution in [0.25, 0.3) is 0 Å². The van der Waals surface area contributed by atoms with E-state index in [2.05, 4.69) is 36.2 Å². The lowest BCUT2D eigenvalue weighted by Crippen LogP contribution is -2.48. The number of benzene rings is 1. The Morgan fingerprint density at radius 3 is 2.71 bits per heavy atom. The van der Waals surface area contributed by atoms with Gasteiger partial charge in [-0.2, -0.15) is 0 Å². The van der Waals surface area contributed by atoms with Gasteiger partial charge in [0, 0.05) is 18.5 Å².